The van der Waals surface area contributed by atoms with E-state index in [1.807, 2.05) is 6.07 Å². The number of hydrogen-bond donors (Lipinski definition) is 1. The van der Waals surface area contributed by atoms with Crippen molar-refractivity contribution in [2.75, 3.05) is 26.2 Å². The first-order valence-corrected chi connectivity index (χ1v) is 8.68. The molecule has 9 heteroatoms. The number of hydrogen-bond acceptors (Lipinski definition) is 3. The van der Waals surface area contributed by atoms with Gasteiger partial charge >= 0.3 is 0 Å². The van der Waals surface area contributed by atoms with E-state index < -0.39 is 17.5 Å². The third kappa shape index (κ3) is 4.17. The van der Waals surface area contributed by atoms with Crippen molar-refractivity contribution >= 4 is 11.8 Å². The molecule has 28 heavy (non-hydrogen) atoms. The van der Waals surface area contributed by atoms with Gasteiger partial charge in [0.1, 0.15) is 11.8 Å². The molecule has 0 radical (unpaired) electrons. The summed E-state index contributed by atoms with van der Waals surface area (Å²) in [6.45, 7) is 1.38. The van der Waals surface area contributed by atoms with Crippen LogP contribution in [0, 0.1) is 28.8 Å². The number of rotatable bonds is 3. The number of aromatic amines is 1. The second-order valence-electron chi connectivity index (χ2n) is 6.49. The molecule has 0 spiro atoms. The summed E-state index contributed by atoms with van der Waals surface area (Å²) in [5.41, 5.74) is 0.705. The number of benzene rings is 1. The number of carbonyl (C=O) groups excluding carboxylic acids is 2. The molecule has 1 aromatic heterocycles. The SMILES string of the molecule is N#Cc1c[nH]c(C(=O)N2CCCN(C(=O)Cc3cc(F)c(F)c(F)c3)CC2)c1. The highest BCUT2D eigenvalue weighted by atomic mass is 19.2. The van der Waals surface area contributed by atoms with Crippen molar-refractivity contribution in [2.24, 2.45) is 0 Å². The summed E-state index contributed by atoms with van der Waals surface area (Å²) in [4.78, 5) is 30.8. The van der Waals surface area contributed by atoms with Crippen LogP contribution in [0.5, 0.6) is 0 Å². The fraction of sp³-hybridized carbons (Fsp3) is 0.316. The second kappa shape index (κ2) is 8.17. The predicted octanol–water partition coefficient (Wildman–Crippen LogP) is 2.22. The van der Waals surface area contributed by atoms with Gasteiger partial charge in [-0.05, 0) is 30.2 Å². The summed E-state index contributed by atoms with van der Waals surface area (Å²) >= 11 is 0. The van der Waals surface area contributed by atoms with Crippen molar-refractivity contribution in [1.29, 1.82) is 5.26 Å². The number of nitriles is 1. The van der Waals surface area contributed by atoms with E-state index in [-0.39, 0.29) is 36.9 Å². The maximum Gasteiger partial charge on any atom is 0.270 e. The zero-order valence-electron chi connectivity index (χ0n) is 14.8. The second-order valence-corrected chi connectivity index (χ2v) is 6.49. The smallest absolute Gasteiger partial charge is 0.270 e. The number of nitrogens with zero attached hydrogens (tertiary/aromatic N) is 3. The number of H-pyrrole nitrogens is 1. The van der Waals surface area contributed by atoms with Crippen molar-refractivity contribution in [1.82, 2.24) is 14.8 Å². The third-order valence-corrected chi connectivity index (χ3v) is 4.58. The van der Waals surface area contributed by atoms with Gasteiger partial charge in [0, 0.05) is 32.4 Å². The minimum absolute atomic E-state index is 0.0500. The van der Waals surface area contributed by atoms with E-state index in [1.54, 1.807) is 4.90 Å². The lowest BCUT2D eigenvalue weighted by molar-refractivity contribution is -0.130. The quantitative estimate of drug-likeness (QED) is 0.816. The maximum atomic E-state index is 13.3. The van der Waals surface area contributed by atoms with Gasteiger partial charge in [-0.15, -0.1) is 0 Å². The molecular weight excluding hydrogens is 373 g/mol. The topological polar surface area (TPSA) is 80.2 Å². The zero-order chi connectivity index (χ0) is 20.3. The summed E-state index contributed by atoms with van der Waals surface area (Å²) in [6.07, 6.45) is 1.72. The van der Waals surface area contributed by atoms with Crippen molar-refractivity contribution in [3.63, 3.8) is 0 Å². The molecule has 0 saturated carbocycles. The Morgan fingerprint density at radius 2 is 1.68 bits per heavy atom. The van der Waals surface area contributed by atoms with Crippen molar-refractivity contribution < 1.29 is 22.8 Å². The molecule has 2 heterocycles. The van der Waals surface area contributed by atoms with Gasteiger partial charge < -0.3 is 14.8 Å². The average molecular weight is 390 g/mol. The lowest BCUT2D eigenvalue weighted by atomic mass is 10.1. The van der Waals surface area contributed by atoms with E-state index in [4.69, 9.17) is 5.26 Å². The Labute approximate surface area is 159 Å². The highest BCUT2D eigenvalue weighted by Crippen LogP contribution is 2.16. The Bertz CT molecular complexity index is 928. The van der Waals surface area contributed by atoms with E-state index in [1.165, 1.54) is 17.2 Å². The number of carbonyl (C=O) groups is 2. The summed E-state index contributed by atoms with van der Waals surface area (Å²) < 4.78 is 39.7. The Morgan fingerprint density at radius 3 is 2.32 bits per heavy atom. The molecule has 1 N–H and O–H groups in total. The van der Waals surface area contributed by atoms with Gasteiger partial charge in [-0.2, -0.15) is 5.26 Å². The molecule has 6 nitrogen and oxygen atoms in total. The Morgan fingerprint density at radius 1 is 1.04 bits per heavy atom. The Kier molecular flexibility index (Phi) is 5.68. The van der Waals surface area contributed by atoms with Crippen LogP contribution in [-0.2, 0) is 11.2 Å². The Balaban J connectivity index is 1.62. The molecule has 1 aliphatic heterocycles. The fourth-order valence-electron chi connectivity index (χ4n) is 3.12. The van der Waals surface area contributed by atoms with Gasteiger partial charge in [-0.25, -0.2) is 13.2 Å². The summed E-state index contributed by atoms with van der Waals surface area (Å²) in [5, 5.41) is 8.85. The molecule has 0 atom stereocenters. The third-order valence-electron chi connectivity index (χ3n) is 4.58. The van der Waals surface area contributed by atoms with Crippen molar-refractivity contribution in [2.45, 2.75) is 12.8 Å². The average Bonchev–Trinajstić information content (AvgIpc) is 3.02. The van der Waals surface area contributed by atoms with E-state index in [0.717, 1.165) is 12.1 Å². The van der Waals surface area contributed by atoms with Gasteiger partial charge in [0.2, 0.25) is 5.91 Å². The van der Waals surface area contributed by atoms with Crippen molar-refractivity contribution in [3.8, 4) is 6.07 Å². The molecule has 0 bridgehead atoms. The number of halogens is 3. The highest BCUT2D eigenvalue weighted by molar-refractivity contribution is 5.93. The molecule has 1 fully saturated rings. The zero-order valence-corrected chi connectivity index (χ0v) is 14.8. The highest BCUT2D eigenvalue weighted by Gasteiger charge is 2.24. The van der Waals surface area contributed by atoms with Crippen LogP contribution >= 0.6 is 0 Å². The normalized spacial score (nSPS) is 14.5. The molecule has 146 valence electrons. The number of nitrogens with one attached hydrogen (secondary N) is 1. The molecule has 3 rings (SSSR count). The van der Waals surface area contributed by atoms with Gasteiger partial charge in [-0.1, -0.05) is 0 Å². The minimum Gasteiger partial charge on any atom is -0.356 e. The van der Waals surface area contributed by atoms with Crippen LogP contribution in [0.25, 0.3) is 0 Å². The van der Waals surface area contributed by atoms with Crippen LogP contribution in [-0.4, -0.2) is 52.8 Å². The first-order chi connectivity index (χ1) is 13.4. The number of amides is 2. The Hall–Kier alpha value is -3.28. The molecule has 0 unspecified atom stereocenters. The van der Waals surface area contributed by atoms with E-state index in [9.17, 15) is 22.8 Å². The van der Waals surface area contributed by atoms with Crippen LogP contribution in [0.4, 0.5) is 13.2 Å². The van der Waals surface area contributed by atoms with Crippen LogP contribution < -0.4 is 0 Å². The first-order valence-electron chi connectivity index (χ1n) is 8.68. The standard InChI is InChI=1S/C19H17F3N4O2/c20-14-6-12(7-15(21)18(14)22)9-17(27)25-2-1-3-26(5-4-25)19(28)16-8-13(10-23)11-24-16/h6-8,11,24H,1-5,9H2. The largest absolute Gasteiger partial charge is 0.356 e. The molecule has 2 amide bonds. The van der Waals surface area contributed by atoms with Gasteiger partial charge in [0.05, 0.1) is 12.0 Å². The molecule has 1 aromatic carbocycles. The predicted molar refractivity (Wildman–Crippen MR) is 92.6 cm³/mol. The van der Waals surface area contributed by atoms with E-state index >= 15 is 0 Å². The lowest BCUT2D eigenvalue weighted by Crippen LogP contribution is -2.38. The van der Waals surface area contributed by atoms with Gasteiger partial charge in [0.25, 0.3) is 5.91 Å². The van der Waals surface area contributed by atoms with Gasteiger partial charge in [0.15, 0.2) is 17.5 Å². The fourth-order valence-corrected chi connectivity index (χ4v) is 3.12. The summed E-state index contributed by atoms with van der Waals surface area (Å²) in [5.74, 6) is -4.86. The molecular formula is C19H17F3N4O2. The lowest BCUT2D eigenvalue weighted by Gasteiger charge is -2.22. The number of aromatic nitrogens is 1. The molecule has 1 aliphatic rings. The van der Waals surface area contributed by atoms with Gasteiger partial charge in [-0.3, -0.25) is 9.59 Å². The molecule has 2 aromatic rings. The van der Waals surface area contributed by atoms with E-state index in [2.05, 4.69) is 4.98 Å². The van der Waals surface area contributed by atoms with Crippen LogP contribution in [0.1, 0.15) is 28.0 Å². The first kappa shape index (κ1) is 19.5. The van der Waals surface area contributed by atoms with E-state index in [0.29, 0.717) is 30.8 Å². The van der Waals surface area contributed by atoms with Crippen LogP contribution in [0.3, 0.4) is 0 Å². The summed E-state index contributed by atoms with van der Waals surface area (Å²) in [7, 11) is 0. The summed E-state index contributed by atoms with van der Waals surface area (Å²) in [6, 6.07) is 5.02. The minimum atomic E-state index is -1.57. The van der Waals surface area contributed by atoms with Crippen molar-refractivity contribution in [3.05, 3.63) is 58.7 Å². The molecule has 0 aliphatic carbocycles. The maximum absolute atomic E-state index is 13.3. The van der Waals surface area contributed by atoms with Crippen LogP contribution in [0.15, 0.2) is 24.4 Å². The monoisotopic (exact) mass is 390 g/mol. The molecule has 1 saturated heterocycles. The van der Waals surface area contributed by atoms with Crippen LogP contribution in [0.2, 0.25) is 0 Å².